The number of carbonyl (C=O) groups excluding carboxylic acids is 1. The highest BCUT2D eigenvalue weighted by molar-refractivity contribution is 8.00. The standard InChI is InChI=1S/C28H20F3N3O2S/c1-36-25-13-6-5-12-21(25)24-15-22(18-8-3-2-4-9-18)23(16-32)27(34-24)37-17-26(35)33-20-11-7-10-19(14-20)28(29,30)31/h2-15H,17H2,1H3,(H,33,35). The Kier molecular flexibility index (Phi) is 7.80. The highest BCUT2D eigenvalue weighted by Gasteiger charge is 2.30. The summed E-state index contributed by atoms with van der Waals surface area (Å²) >= 11 is 1.03. The van der Waals surface area contributed by atoms with Crippen LogP contribution < -0.4 is 10.1 Å². The van der Waals surface area contributed by atoms with Gasteiger partial charge < -0.3 is 10.1 Å². The quantitative estimate of drug-likeness (QED) is 0.265. The Morgan fingerprint density at radius 2 is 1.73 bits per heavy atom. The number of nitrogens with one attached hydrogen (secondary N) is 1. The largest absolute Gasteiger partial charge is 0.496 e. The highest BCUT2D eigenvalue weighted by atomic mass is 32.2. The molecule has 1 amide bonds. The van der Waals surface area contributed by atoms with E-state index >= 15 is 0 Å². The van der Waals surface area contributed by atoms with Crippen molar-refractivity contribution >= 4 is 23.4 Å². The van der Waals surface area contributed by atoms with Gasteiger partial charge in [-0.2, -0.15) is 18.4 Å². The Labute approximate surface area is 215 Å². The molecule has 0 saturated heterocycles. The monoisotopic (exact) mass is 519 g/mol. The van der Waals surface area contributed by atoms with Gasteiger partial charge in [-0.3, -0.25) is 4.79 Å². The first-order chi connectivity index (χ1) is 17.8. The molecule has 1 aromatic heterocycles. The molecule has 0 aliphatic rings. The van der Waals surface area contributed by atoms with Gasteiger partial charge in [-0.05, 0) is 42.0 Å². The van der Waals surface area contributed by atoms with Gasteiger partial charge in [0.05, 0.1) is 29.7 Å². The van der Waals surface area contributed by atoms with Crippen LogP contribution in [0.5, 0.6) is 5.75 Å². The molecule has 0 saturated carbocycles. The number of ether oxygens (including phenoxy) is 1. The molecule has 0 spiro atoms. The molecule has 0 radical (unpaired) electrons. The lowest BCUT2D eigenvalue weighted by atomic mass is 9.99. The Balaban J connectivity index is 1.67. The van der Waals surface area contributed by atoms with Gasteiger partial charge in [0.25, 0.3) is 0 Å². The number of hydrogen-bond acceptors (Lipinski definition) is 5. The van der Waals surface area contributed by atoms with Crippen LogP contribution in [0.3, 0.4) is 0 Å². The molecule has 4 rings (SSSR count). The summed E-state index contributed by atoms with van der Waals surface area (Å²) in [6, 6.07) is 25.1. The second-order valence-electron chi connectivity index (χ2n) is 7.83. The van der Waals surface area contributed by atoms with E-state index in [9.17, 15) is 23.2 Å². The van der Waals surface area contributed by atoms with Gasteiger partial charge in [-0.1, -0.05) is 60.3 Å². The van der Waals surface area contributed by atoms with Crippen LogP contribution in [0.1, 0.15) is 11.1 Å². The molecule has 186 valence electrons. The first kappa shape index (κ1) is 25.8. The van der Waals surface area contributed by atoms with Gasteiger partial charge in [0.15, 0.2) is 0 Å². The first-order valence-corrected chi connectivity index (χ1v) is 12.0. The summed E-state index contributed by atoms with van der Waals surface area (Å²) in [7, 11) is 1.55. The van der Waals surface area contributed by atoms with Gasteiger partial charge in [-0.15, -0.1) is 0 Å². The Morgan fingerprint density at radius 3 is 2.43 bits per heavy atom. The zero-order valence-corrected chi connectivity index (χ0v) is 20.4. The zero-order chi connectivity index (χ0) is 26.4. The van der Waals surface area contributed by atoms with Crippen molar-refractivity contribution in [1.29, 1.82) is 5.26 Å². The van der Waals surface area contributed by atoms with E-state index in [4.69, 9.17) is 4.74 Å². The molecule has 37 heavy (non-hydrogen) atoms. The third-order valence-corrected chi connectivity index (χ3v) is 6.35. The second-order valence-corrected chi connectivity index (χ2v) is 8.79. The number of rotatable bonds is 7. The van der Waals surface area contributed by atoms with Crippen LogP contribution in [0.2, 0.25) is 0 Å². The average Bonchev–Trinajstić information content (AvgIpc) is 2.91. The fraction of sp³-hybridized carbons (Fsp3) is 0.107. The minimum atomic E-state index is -4.52. The topological polar surface area (TPSA) is 75.0 Å². The maximum Gasteiger partial charge on any atom is 0.416 e. The van der Waals surface area contributed by atoms with E-state index in [0.717, 1.165) is 29.5 Å². The molecule has 3 aromatic carbocycles. The third kappa shape index (κ3) is 6.11. The van der Waals surface area contributed by atoms with Crippen molar-refractivity contribution in [2.24, 2.45) is 0 Å². The molecule has 0 fully saturated rings. The van der Waals surface area contributed by atoms with Crippen molar-refractivity contribution in [2.45, 2.75) is 11.2 Å². The van der Waals surface area contributed by atoms with Crippen LogP contribution >= 0.6 is 11.8 Å². The van der Waals surface area contributed by atoms with Gasteiger partial charge in [0.1, 0.15) is 16.8 Å². The molecule has 5 nitrogen and oxygen atoms in total. The summed E-state index contributed by atoms with van der Waals surface area (Å²) in [4.78, 5) is 17.3. The van der Waals surface area contributed by atoms with E-state index in [-0.39, 0.29) is 11.4 Å². The molecule has 1 N–H and O–H groups in total. The Bertz CT molecular complexity index is 1470. The number of carbonyl (C=O) groups is 1. The predicted octanol–water partition coefficient (Wildman–Crippen LogP) is 7.05. The summed E-state index contributed by atoms with van der Waals surface area (Å²) < 4.78 is 44.5. The number of thioether (sulfide) groups is 1. The third-order valence-electron chi connectivity index (χ3n) is 5.38. The van der Waals surface area contributed by atoms with Gasteiger partial charge in [0.2, 0.25) is 5.91 Å². The molecule has 0 unspecified atom stereocenters. The minimum absolute atomic E-state index is 0.0293. The molecular weight excluding hydrogens is 499 g/mol. The van der Waals surface area contributed by atoms with Crippen LogP contribution in [0.15, 0.2) is 90.0 Å². The molecule has 1 heterocycles. The van der Waals surface area contributed by atoms with Crippen molar-refractivity contribution in [3.8, 4) is 34.2 Å². The Morgan fingerprint density at radius 1 is 1.00 bits per heavy atom. The molecule has 4 aromatic rings. The van der Waals surface area contributed by atoms with Crippen LogP contribution in [0.4, 0.5) is 18.9 Å². The van der Waals surface area contributed by atoms with E-state index in [2.05, 4.69) is 16.4 Å². The van der Waals surface area contributed by atoms with E-state index in [1.165, 1.54) is 12.1 Å². The maximum absolute atomic E-state index is 13.0. The lowest BCUT2D eigenvalue weighted by molar-refractivity contribution is -0.137. The number of hydrogen-bond donors (Lipinski definition) is 1. The van der Waals surface area contributed by atoms with Crippen LogP contribution in [0.25, 0.3) is 22.4 Å². The summed E-state index contributed by atoms with van der Waals surface area (Å²) in [5.74, 6) is -0.0995. The molecule has 0 aliphatic carbocycles. The van der Waals surface area contributed by atoms with Gasteiger partial charge >= 0.3 is 6.18 Å². The van der Waals surface area contributed by atoms with E-state index < -0.39 is 17.6 Å². The van der Waals surface area contributed by atoms with E-state index in [1.54, 1.807) is 19.2 Å². The predicted molar refractivity (Wildman–Crippen MR) is 137 cm³/mol. The zero-order valence-electron chi connectivity index (χ0n) is 19.5. The second kappa shape index (κ2) is 11.2. The van der Waals surface area contributed by atoms with Gasteiger partial charge in [0, 0.05) is 16.8 Å². The van der Waals surface area contributed by atoms with E-state index in [0.29, 0.717) is 33.2 Å². The van der Waals surface area contributed by atoms with E-state index in [1.807, 2.05) is 48.5 Å². The van der Waals surface area contributed by atoms with Crippen molar-refractivity contribution < 1.29 is 22.7 Å². The van der Waals surface area contributed by atoms with Crippen LogP contribution in [0, 0.1) is 11.3 Å². The highest BCUT2D eigenvalue weighted by Crippen LogP contribution is 2.37. The SMILES string of the molecule is COc1ccccc1-c1cc(-c2ccccc2)c(C#N)c(SCC(=O)Nc2cccc(C(F)(F)F)c2)n1. The van der Waals surface area contributed by atoms with Crippen molar-refractivity contribution in [1.82, 2.24) is 4.98 Å². The molecule has 0 atom stereocenters. The number of benzene rings is 3. The molecule has 0 aliphatic heterocycles. The number of amides is 1. The number of nitriles is 1. The fourth-order valence-electron chi connectivity index (χ4n) is 3.68. The average molecular weight is 520 g/mol. The van der Waals surface area contributed by atoms with Crippen molar-refractivity contribution in [3.05, 3.63) is 96.1 Å². The molecule has 0 bridgehead atoms. The fourth-order valence-corrected chi connectivity index (χ4v) is 4.48. The summed E-state index contributed by atoms with van der Waals surface area (Å²) in [6.07, 6.45) is -4.52. The molecular formula is C28H20F3N3O2S. The van der Waals surface area contributed by atoms with Crippen LogP contribution in [-0.4, -0.2) is 23.8 Å². The van der Waals surface area contributed by atoms with Crippen molar-refractivity contribution in [3.63, 3.8) is 0 Å². The lowest BCUT2D eigenvalue weighted by Crippen LogP contribution is -2.15. The number of alkyl halides is 3. The Hall–Kier alpha value is -4.29. The maximum atomic E-state index is 13.0. The summed E-state index contributed by atoms with van der Waals surface area (Å²) in [6.45, 7) is 0. The number of anilines is 1. The van der Waals surface area contributed by atoms with Crippen molar-refractivity contribution in [2.75, 3.05) is 18.2 Å². The molecule has 9 heteroatoms. The number of pyridine rings is 1. The number of halogens is 3. The minimum Gasteiger partial charge on any atom is -0.496 e. The number of para-hydroxylation sites is 1. The van der Waals surface area contributed by atoms with Crippen LogP contribution in [-0.2, 0) is 11.0 Å². The summed E-state index contributed by atoms with van der Waals surface area (Å²) in [5.41, 5.74) is 2.16. The van der Waals surface area contributed by atoms with Gasteiger partial charge in [-0.25, -0.2) is 4.98 Å². The number of nitrogens with zero attached hydrogens (tertiary/aromatic N) is 2. The normalized spacial score (nSPS) is 11.0. The smallest absolute Gasteiger partial charge is 0.416 e. The number of aromatic nitrogens is 1. The summed E-state index contributed by atoms with van der Waals surface area (Å²) in [5, 5.41) is 12.8. The first-order valence-electron chi connectivity index (χ1n) is 11.0. The lowest BCUT2D eigenvalue weighted by Gasteiger charge is -2.14. The number of methoxy groups -OCH3 is 1.